The predicted molar refractivity (Wildman–Crippen MR) is 143 cm³/mol. The molecule has 0 radical (unpaired) electrons. The minimum absolute atomic E-state index is 0.0352. The van der Waals surface area contributed by atoms with Crippen LogP contribution in [-0.4, -0.2) is 27.4 Å². The summed E-state index contributed by atoms with van der Waals surface area (Å²) in [6, 6.07) is 26.3. The lowest BCUT2D eigenvalue weighted by molar-refractivity contribution is 0.372. The summed E-state index contributed by atoms with van der Waals surface area (Å²) in [6.07, 6.45) is 8.41. The first-order valence-corrected chi connectivity index (χ1v) is 11.8. The smallest absolute Gasteiger partial charge is 0.239 e. The molecule has 1 aliphatic rings. The molecule has 0 fully saturated rings. The Kier molecular flexibility index (Phi) is 5.68. The van der Waals surface area contributed by atoms with Gasteiger partial charge >= 0.3 is 0 Å². The SMILES string of the molecule is N=C(OC1=CCC=CCN1)c1cc(-c2nc(-c3ccccc3)c3ccc4ccccc4c3n2)ccn1. The highest BCUT2D eigenvalue weighted by molar-refractivity contribution is 6.09. The Morgan fingerprint density at radius 2 is 1.69 bits per heavy atom. The van der Waals surface area contributed by atoms with Gasteiger partial charge in [0.2, 0.25) is 5.90 Å². The third kappa shape index (κ3) is 4.20. The van der Waals surface area contributed by atoms with Crippen molar-refractivity contribution >= 4 is 27.6 Å². The number of allylic oxidation sites excluding steroid dienone is 2. The topological polar surface area (TPSA) is 83.8 Å². The van der Waals surface area contributed by atoms with Crippen LogP contribution in [0.2, 0.25) is 0 Å². The maximum Gasteiger partial charge on any atom is 0.239 e. The first-order chi connectivity index (χ1) is 17.8. The molecular formula is C30H23N5O. The van der Waals surface area contributed by atoms with Gasteiger partial charge in [-0.3, -0.25) is 10.4 Å². The van der Waals surface area contributed by atoms with Gasteiger partial charge in [0.1, 0.15) is 5.69 Å². The normalized spacial score (nSPS) is 13.2. The largest absolute Gasteiger partial charge is 0.422 e. The highest BCUT2D eigenvalue weighted by Gasteiger charge is 2.16. The molecule has 6 rings (SSSR count). The average molecular weight is 470 g/mol. The summed E-state index contributed by atoms with van der Waals surface area (Å²) in [5.41, 5.74) is 3.96. The number of rotatable bonds is 4. The Balaban J connectivity index is 1.47. The van der Waals surface area contributed by atoms with Gasteiger partial charge in [-0.1, -0.05) is 72.8 Å². The van der Waals surface area contributed by atoms with Crippen LogP contribution in [0.5, 0.6) is 0 Å². The van der Waals surface area contributed by atoms with Crippen LogP contribution in [0.3, 0.4) is 0 Å². The van der Waals surface area contributed by atoms with E-state index in [2.05, 4.69) is 52.8 Å². The lowest BCUT2D eigenvalue weighted by Gasteiger charge is -2.13. The van der Waals surface area contributed by atoms with Crippen LogP contribution in [-0.2, 0) is 4.74 Å². The molecule has 0 aliphatic carbocycles. The molecule has 6 nitrogen and oxygen atoms in total. The van der Waals surface area contributed by atoms with E-state index in [9.17, 15) is 0 Å². The number of fused-ring (bicyclic) bond motifs is 3. The molecular weight excluding hydrogens is 446 g/mol. The van der Waals surface area contributed by atoms with Gasteiger partial charge in [0.25, 0.3) is 0 Å². The van der Waals surface area contributed by atoms with Crippen molar-refractivity contribution in [2.24, 2.45) is 0 Å². The zero-order chi connectivity index (χ0) is 24.3. The average Bonchev–Trinajstić information content (AvgIpc) is 3.21. The highest BCUT2D eigenvalue weighted by atomic mass is 16.5. The first-order valence-electron chi connectivity index (χ1n) is 11.8. The first kappa shape index (κ1) is 21.7. The lowest BCUT2D eigenvalue weighted by atomic mass is 10.0. The van der Waals surface area contributed by atoms with Crippen molar-refractivity contribution in [3.63, 3.8) is 0 Å². The molecule has 6 heteroatoms. The van der Waals surface area contributed by atoms with E-state index in [1.165, 1.54) is 0 Å². The van der Waals surface area contributed by atoms with Gasteiger partial charge in [-0.05, 0) is 36.1 Å². The van der Waals surface area contributed by atoms with Crippen LogP contribution in [0.4, 0.5) is 0 Å². The van der Waals surface area contributed by atoms with Crippen LogP contribution in [0.1, 0.15) is 12.1 Å². The molecule has 0 amide bonds. The van der Waals surface area contributed by atoms with Crippen molar-refractivity contribution in [1.29, 1.82) is 5.41 Å². The van der Waals surface area contributed by atoms with Crippen molar-refractivity contribution in [1.82, 2.24) is 20.3 Å². The zero-order valence-electron chi connectivity index (χ0n) is 19.5. The second-order valence-corrected chi connectivity index (χ2v) is 8.46. The van der Waals surface area contributed by atoms with Gasteiger partial charge in [-0.15, -0.1) is 0 Å². The number of hydrogen-bond donors (Lipinski definition) is 2. The number of nitrogens with one attached hydrogen (secondary N) is 2. The van der Waals surface area contributed by atoms with Crippen LogP contribution < -0.4 is 5.32 Å². The fraction of sp³-hybridized carbons (Fsp3) is 0.0667. The molecule has 2 N–H and O–H groups in total. The molecule has 0 saturated carbocycles. The quantitative estimate of drug-likeness (QED) is 0.141. The number of aromatic nitrogens is 3. The van der Waals surface area contributed by atoms with Crippen molar-refractivity contribution in [2.45, 2.75) is 6.42 Å². The van der Waals surface area contributed by atoms with E-state index >= 15 is 0 Å². The Morgan fingerprint density at radius 1 is 0.833 bits per heavy atom. The number of hydrogen-bond acceptors (Lipinski definition) is 6. The van der Waals surface area contributed by atoms with Gasteiger partial charge in [0.15, 0.2) is 11.7 Å². The molecule has 0 unspecified atom stereocenters. The van der Waals surface area contributed by atoms with E-state index in [1.54, 1.807) is 12.3 Å². The monoisotopic (exact) mass is 469 g/mol. The van der Waals surface area contributed by atoms with Gasteiger partial charge in [-0.25, -0.2) is 9.97 Å². The molecule has 0 spiro atoms. The van der Waals surface area contributed by atoms with Gasteiger partial charge in [0.05, 0.1) is 11.2 Å². The summed E-state index contributed by atoms with van der Waals surface area (Å²) in [5.74, 6) is 1.09. The Hall–Kier alpha value is -4.84. The number of nitrogens with zero attached hydrogens (tertiary/aromatic N) is 3. The van der Waals surface area contributed by atoms with E-state index in [1.807, 2.05) is 48.6 Å². The Bertz CT molecular complexity index is 1660. The summed E-state index contributed by atoms with van der Waals surface area (Å²) in [6.45, 7) is 0.660. The molecule has 5 aromatic rings. The van der Waals surface area contributed by atoms with E-state index in [-0.39, 0.29) is 5.90 Å². The summed E-state index contributed by atoms with van der Waals surface area (Å²) >= 11 is 0. The summed E-state index contributed by atoms with van der Waals surface area (Å²) in [7, 11) is 0. The number of ether oxygens (including phenoxy) is 1. The standard InChI is InChI=1S/C30H23N5O/c31-29(36-26-13-5-2-8-17-33-26)25-19-22(16-18-32-25)30-34-27(21-10-3-1-4-11-21)24-15-14-20-9-6-7-12-23(20)28(24)35-30/h1-4,6-16,18-19,31,33H,5,17H2. The second kappa shape index (κ2) is 9.43. The minimum Gasteiger partial charge on any atom is -0.422 e. The molecule has 3 heterocycles. The lowest BCUT2D eigenvalue weighted by Crippen LogP contribution is -2.19. The fourth-order valence-corrected chi connectivity index (χ4v) is 4.33. The molecule has 0 atom stereocenters. The van der Waals surface area contributed by atoms with Gasteiger partial charge in [-0.2, -0.15) is 0 Å². The maximum absolute atomic E-state index is 8.49. The van der Waals surface area contributed by atoms with Crippen LogP contribution in [0, 0.1) is 5.41 Å². The Morgan fingerprint density at radius 3 is 2.61 bits per heavy atom. The Labute approximate surface area is 208 Å². The van der Waals surface area contributed by atoms with E-state index in [0.29, 0.717) is 23.9 Å². The molecule has 0 bridgehead atoms. The van der Waals surface area contributed by atoms with Crippen LogP contribution >= 0.6 is 0 Å². The molecule has 36 heavy (non-hydrogen) atoms. The van der Waals surface area contributed by atoms with Crippen LogP contribution in [0.25, 0.3) is 44.3 Å². The number of benzene rings is 3. The third-order valence-electron chi connectivity index (χ3n) is 6.10. The van der Waals surface area contributed by atoms with Gasteiger partial charge in [0, 0.05) is 34.6 Å². The van der Waals surface area contributed by atoms with Crippen molar-refractivity contribution in [2.75, 3.05) is 6.54 Å². The third-order valence-corrected chi connectivity index (χ3v) is 6.10. The molecule has 2 aromatic heterocycles. The summed E-state index contributed by atoms with van der Waals surface area (Å²) in [5, 5.41) is 14.8. The van der Waals surface area contributed by atoms with Crippen molar-refractivity contribution < 1.29 is 4.74 Å². The number of pyridine rings is 1. The van der Waals surface area contributed by atoms with E-state index < -0.39 is 0 Å². The molecule has 1 aliphatic heterocycles. The summed E-state index contributed by atoms with van der Waals surface area (Å²) in [4.78, 5) is 14.4. The predicted octanol–water partition coefficient (Wildman–Crippen LogP) is 6.24. The zero-order valence-corrected chi connectivity index (χ0v) is 19.5. The van der Waals surface area contributed by atoms with Crippen molar-refractivity contribution in [3.05, 3.63) is 115 Å². The van der Waals surface area contributed by atoms with Gasteiger partial charge < -0.3 is 10.1 Å². The fourth-order valence-electron chi connectivity index (χ4n) is 4.33. The molecule has 0 saturated heterocycles. The van der Waals surface area contributed by atoms with E-state index in [0.717, 1.165) is 44.9 Å². The molecule has 174 valence electrons. The maximum atomic E-state index is 8.49. The van der Waals surface area contributed by atoms with Crippen LogP contribution in [0.15, 0.2) is 109 Å². The van der Waals surface area contributed by atoms with E-state index in [4.69, 9.17) is 20.1 Å². The minimum atomic E-state index is -0.0352. The summed E-state index contributed by atoms with van der Waals surface area (Å²) < 4.78 is 5.76. The molecule has 3 aromatic carbocycles. The second-order valence-electron chi connectivity index (χ2n) is 8.46. The highest BCUT2D eigenvalue weighted by Crippen LogP contribution is 2.33. The van der Waals surface area contributed by atoms with Crippen molar-refractivity contribution in [3.8, 4) is 22.6 Å².